The summed E-state index contributed by atoms with van der Waals surface area (Å²) in [6.45, 7) is 1.09. The molecule has 0 radical (unpaired) electrons. The molecule has 0 fully saturated rings. The highest BCUT2D eigenvalue weighted by atomic mass is 32.2. The predicted octanol–water partition coefficient (Wildman–Crippen LogP) is 0.844. The van der Waals surface area contributed by atoms with Crippen molar-refractivity contribution >= 4 is 15.7 Å². The first-order valence-electron chi connectivity index (χ1n) is 4.36. The smallest absolute Gasteiger partial charge is 0.381 e. The molecule has 0 bridgehead atoms. The van der Waals surface area contributed by atoms with E-state index in [1.54, 1.807) is 0 Å². The Kier molecular flexibility index (Phi) is 3.67. The van der Waals surface area contributed by atoms with Crippen LogP contribution >= 0.6 is 0 Å². The van der Waals surface area contributed by atoms with Crippen LogP contribution < -0.4 is 9.88 Å². The van der Waals surface area contributed by atoms with Gasteiger partial charge in [0, 0.05) is 6.07 Å². The number of pyridine rings is 1. The molecule has 12 heteroatoms. The fraction of sp³-hybridized carbons (Fsp3) is 0.286. The summed E-state index contributed by atoms with van der Waals surface area (Å²) in [5.41, 5.74) is -1.40. The minimum atomic E-state index is -5.26. The molecule has 2 N–H and O–H groups in total. The summed E-state index contributed by atoms with van der Waals surface area (Å²) < 4.78 is 61.6. The number of hydrogen-bond donors (Lipinski definition) is 1. The fourth-order valence-corrected chi connectivity index (χ4v) is 1.89. The topological polar surface area (TPSA) is 125 Å². The Hall–Kier alpha value is -1.95. The molecule has 1 aromatic heterocycles. The molecular formula is C7H6F3N3O5S. The molecule has 0 unspecified atom stereocenters. The highest BCUT2D eigenvalue weighted by Crippen LogP contribution is 2.32. The number of halogens is 3. The second-order valence-electron chi connectivity index (χ2n) is 3.28. The Bertz CT molecular complexity index is 628. The lowest BCUT2D eigenvalue weighted by molar-refractivity contribution is -0.389. The van der Waals surface area contributed by atoms with E-state index in [1.165, 1.54) is 0 Å². The second kappa shape index (κ2) is 4.62. The maximum atomic E-state index is 12.0. The molecule has 0 saturated heterocycles. The Labute approximate surface area is 104 Å². The highest BCUT2D eigenvalue weighted by Gasteiger charge is 2.36. The van der Waals surface area contributed by atoms with Crippen LogP contribution in [0.2, 0.25) is 0 Å². The van der Waals surface area contributed by atoms with Crippen LogP contribution in [0.4, 0.5) is 18.9 Å². The van der Waals surface area contributed by atoms with Gasteiger partial charge in [0.15, 0.2) is 5.03 Å². The van der Waals surface area contributed by atoms with Crippen molar-refractivity contribution in [2.45, 2.75) is 18.3 Å². The van der Waals surface area contributed by atoms with Crippen molar-refractivity contribution in [2.24, 2.45) is 5.14 Å². The zero-order valence-corrected chi connectivity index (χ0v) is 9.95. The maximum Gasteiger partial charge on any atom is 0.574 e. The third-order valence-electron chi connectivity index (χ3n) is 1.79. The second-order valence-corrected chi connectivity index (χ2v) is 4.76. The molecule has 19 heavy (non-hydrogen) atoms. The Morgan fingerprint density at radius 1 is 1.47 bits per heavy atom. The first kappa shape index (κ1) is 15.1. The van der Waals surface area contributed by atoms with Crippen LogP contribution in [0.15, 0.2) is 11.1 Å². The molecule has 1 heterocycles. The average molecular weight is 301 g/mol. The molecular weight excluding hydrogens is 295 g/mol. The molecule has 0 saturated carbocycles. The molecule has 106 valence electrons. The molecule has 1 aromatic rings. The van der Waals surface area contributed by atoms with Crippen LogP contribution in [0.5, 0.6) is 5.88 Å². The number of nitrogens with zero attached hydrogens (tertiary/aromatic N) is 2. The number of nitro groups is 1. The summed E-state index contributed by atoms with van der Waals surface area (Å²) in [5, 5.41) is 14.3. The zero-order valence-electron chi connectivity index (χ0n) is 9.13. The lowest BCUT2D eigenvalue weighted by Gasteiger charge is -2.10. The number of nitrogens with two attached hydrogens (primary N) is 1. The van der Waals surface area contributed by atoms with Gasteiger partial charge in [0.1, 0.15) is 0 Å². The van der Waals surface area contributed by atoms with Gasteiger partial charge in [-0.1, -0.05) is 0 Å². The molecule has 0 amide bonds. The van der Waals surface area contributed by atoms with Gasteiger partial charge in [-0.15, -0.1) is 13.2 Å². The summed E-state index contributed by atoms with van der Waals surface area (Å²) >= 11 is 0. The number of hydrogen-bond acceptors (Lipinski definition) is 6. The van der Waals surface area contributed by atoms with Gasteiger partial charge >= 0.3 is 17.9 Å². The Morgan fingerprint density at radius 3 is 2.37 bits per heavy atom. The zero-order chi connectivity index (χ0) is 15.0. The summed E-state index contributed by atoms with van der Waals surface area (Å²) in [5.74, 6) is -1.49. The monoisotopic (exact) mass is 301 g/mol. The Balaban J connectivity index is 3.53. The van der Waals surface area contributed by atoms with Crippen molar-refractivity contribution in [1.82, 2.24) is 4.98 Å². The van der Waals surface area contributed by atoms with Crippen molar-refractivity contribution in [3.05, 3.63) is 21.7 Å². The number of aryl methyl sites for hydroxylation is 1. The standard InChI is InChI=1S/C7H6F3N3O5S/c1-3-2-4(13(14)15)5(18-7(8,9)10)12-6(3)19(11,16)17/h2H,1H3,(H2,11,16,17). The number of primary sulfonamides is 1. The molecule has 0 spiro atoms. The van der Waals surface area contributed by atoms with E-state index in [2.05, 4.69) is 9.72 Å². The van der Waals surface area contributed by atoms with Crippen LogP contribution in [0, 0.1) is 17.0 Å². The van der Waals surface area contributed by atoms with E-state index in [0.717, 1.165) is 6.92 Å². The van der Waals surface area contributed by atoms with E-state index in [9.17, 15) is 31.7 Å². The van der Waals surface area contributed by atoms with Gasteiger partial charge in [-0.3, -0.25) is 10.1 Å². The summed E-state index contributed by atoms with van der Waals surface area (Å²) in [7, 11) is -4.44. The molecule has 0 aromatic carbocycles. The normalized spacial score (nSPS) is 12.3. The molecule has 0 aliphatic carbocycles. The van der Waals surface area contributed by atoms with Crippen molar-refractivity contribution in [3.63, 3.8) is 0 Å². The largest absolute Gasteiger partial charge is 0.574 e. The summed E-state index contributed by atoms with van der Waals surface area (Å²) in [6.07, 6.45) is -5.26. The molecule has 0 aliphatic rings. The van der Waals surface area contributed by atoms with Crippen LogP contribution in [0.25, 0.3) is 0 Å². The van der Waals surface area contributed by atoms with Gasteiger partial charge in [0.2, 0.25) is 0 Å². The van der Waals surface area contributed by atoms with E-state index >= 15 is 0 Å². The molecule has 1 rings (SSSR count). The van der Waals surface area contributed by atoms with Crippen molar-refractivity contribution < 1.29 is 31.2 Å². The third-order valence-corrected chi connectivity index (χ3v) is 2.74. The van der Waals surface area contributed by atoms with Crippen LogP contribution in [0.3, 0.4) is 0 Å². The summed E-state index contributed by atoms with van der Waals surface area (Å²) in [4.78, 5) is 12.3. The number of alkyl halides is 3. The van der Waals surface area contributed by atoms with Gasteiger partial charge in [-0.05, 0) is 12.5 Å². The third kappa shape index (κ3) is 3.75. The van der Waals surface area contributed by atoms with Gasteiger partial charge in [-0.25, -0.2) is 13.6 Å². The Morgan fingerprint density at radius 2 is 2.00 bits per heavy atom. The van der Waals surface area contributed by atoms with E-state index < -0.39 is 37.9 Å². The first-order valence-corrected chi connectivity index (χ1v) is 5.91. The van der Waals surface area contributed by atoms with Crippen molar-refractivity contribution in [1.29, 1.82) is 0 Å². The van der Waals surface area contributed by atoms with Crippen molar-refractivity contribution in [3.8, 4) is 5.88 Å². The summed E-state index contributed by atoms with van der Waals surface area (Å²) in [6, 6.07) is 0.577. The van der Waals surface area contributed by atoms with Crippen LogP contribution in [-0.4, -0.2) is 24.7 Å². The average Bonchev–Trinajstić information content (AvgIpc) is 2.15. The van der Waals surface area contributed by atoms with E-state index in [0.29, 0.717) is 6.07 Å². The van der Waals surface area contributed by atoms with E-state index in [-0.39, 0.29) is 5.56 Å². The van der Waals surface area contributed by atoms with Gasteiger partial charge in [0.25, 0.3) is 10.0 Å². The molecule has 8 nitrogen and oxygen atoms in total. The number of ether oxygens (including phenoxy) is 1. The predicted molar refractivity (Wildman–Crippen MR) is 53.7 cm³/mol. The number of rotatable bonds is 3. The SMILES string of the molecule is Cc1cc([N+](=O)[O-])c(OC(F)(F)F)nc1S(N)(=O)=O. The van der Waals surface area contributed by atoms with Gasteiger partial charge < -0.3 is 4.74 Å². The minimum absolute atomic E-state index is 0.274. The first-order chi connectivity index (χ1) is 8.42. The number of sulfonamides is 1. The van der Waals surface area contributed by atoms with Crippen molar-refractivity contribution in [2.75, 3.05) is 0 Å². The molecule has 0 atom stereocenters. The van der Waals surface area contributed by atoms with Crippen LogP contribution in [0.1, 0.15) is 5.56 Å². The lowest BCUT2D eigenvalue weighted by atomic mass is 10.3. The lowest BCUT2D eigenvalue weighted by Crippen LogP contribution is -2.21. The molecule has 0 aliphatic heterocycles. The van der Waals surface area contributed by atoms with Gasteiger partial charge in [0.05, 0.1) is 4.92 Å². The van der Waals surface area contributed by atoms with E-state index in [4.69, 9.17) is 5.14 Å². The maximum absolute atomic E-state index is 12.0. The minimum Gasteiger partial charge on any atom is -0.381 e. The fourth-order valence-electron chi connectivity index (χ4n) is 1.17. The van der Waals surface area contributed by atoms with Crippen LogP contribution in [-0.2, 0) is 10.0 Å². The quantitative estimate of drug-likeness (QED) is 0.651. The highest BCUT2D eigenvalue weighted by molar-refractivity contribution is 7.89. The number of aromatic nitrogens is 1. The van der Waals surface area contributed by atoms with E-state index in [1.807, 2.05) is 0 Å². The van der Waals surface area contributed by atoms with Gasteiger partial charge in [-0.2, -0.15) is 4.98 Å².